The Morgan fingerprint density at radius 2 is 1.85 bits per heavy atom. The summed E-state index contributed by atoms with van der Waals surface area (Å²) in [5.41, 5.74) is -0.0135. The number of aliphatic carboxylic acids is 1. The van der Waals surface area contributed by atoms with Gasteiger partial charge in [0.05, 0.1) is 16.7 Å². The summed E-state index contributed by atoms with van der Waals surface area (Å²) in [4.78, 5) is 28.7. The summed E-state index contributed by atoms with van der Waals surface area (Å²) in [6.07, 6.45) is 3.32. The zero-order valence-electron chi connectivity index (χ0n) is 15.7. The van der Waals surface area contributed by atoms with Crippen LogP contribution in [0.4, 0.5) is 0 Å². The molecule has 1 amide bonds. The van der Waals surface area contributed by atoms with Crippen molar-refractivity contribution in [2.24, 2.45) is 5.41 Å². The largest absolute Gasteiger partial charge is 0.481 e. The van der Waals surface area contributed by atoms with Crippen LogP contribution in [0.1, 0.15) is 24.8 Å². The summed E-state index contributed by atoms with van der Waals surface area (Å²) in [5.74, 6) is -0.817. The van der Waals surface area contributed by atoms with Gasteiger partial charge in [-0.2, -0.15) is 0 Å². The Hall–Kier alpha value is -1.93. The number of carbonyl (C=O) groups excluding carboxylic acids is 1. The maximum atomic E-state index is 12.7. The maximum absolute atomic E-state index is 12.7. The van der Waals surface area contributed by atoms with Crippen molar-refractivity contribution in [1.29, 1.82) is 0 Å². The molecule has 8 heteroatoms. The molecular formula is C19H26N2O5S. The highest BCUT2D eigenvalue weighted by Gasteiger charge is 2.52. The second-order valence-corrected chi connectivity index (χ2v) is 9.76. The van der Waals surface area contributed by atoms with E-state index in [1.807, 2.05) is 7.05 Å². The predicted molar refractivity (Wildman–Crippen MR) is 100 cm³/mol. The standard InChI is InChI=1S/C19H26N2O5S/c1-20-10-3-8-19(18(23)24)9-11-21(13-16(19)20)17(22)12-14-4-6-15(7-5-14)27(2,25)26/h4-7,16H,3,8-13H2,1-2H3,(H,23,24)/t16-,19+/m1/s1. The fraction of sp³-hybridized carbons (Fsp3) is 0.579. The molecule has 7 nitrogen and oxygen atoms in total. The molecule has 2 aliphatic heterocycles. The molecule has 1 N–H and O–H groups in total. The van der Waals surface area contributed by atoms with Crippen LogP contribution in [-0.4, -0.2) is 74.2 Å². The zero-order chi connectivity index (χ0) is 19.8. The van der Waals surface area contributed by atoms with Crippen LogP contribution >= 0.6 is 0 Å². The van der Waals surface area contributed by atoms with Gasteiger partial charge in [0.25, 0.3) is 0 Å². The second-order valence-electron chi connectivity index (χ2n) is 7.74. The minimum atomic E-state index is -3.26. The molecule has 2 atom stereocenters. The second kappa shape index (κ2) is 7.24. The third-order valence-electron chi connectivity index (χ3n) is 6.01. The molecule has 0 spiro atoms. The van der Waals surface area contributed by atoms with E-state index >= 15 is 0 Å². The minimum absolute atomic E-state index is 0.0555. The average Bonchev–Trinajstić information content (AvgIpc) is 2.61. The first-order valence-corrected chi connectivity index (χ1v) is 11.0. The number of rotatable bonds is 4. The van der Waals surface area contributed by atoms with E-state index in [1.54, 1.807) is 17.0 Å². The SMILES string of the molecule is CN1CCC[C@]2(C(=O)O)CCN(C(=O)Cc3ccc(S(C)(=O)=O)cc3)C[C@@H]12. The number of benzene rings is 1. The molecule has 2 fully saturated rings. The van der Waals surface area contributed by atoms with E-state index in [1.165, 1.54) is 12.1 Å². The van der Waals surface area contributed by atoms with Crippen molar-refractivity contribution in [2.45, 2.75) is 36.6 Å². The number of hydrogen-bond acceptors (Lipinski definition) is 5. The Bertz CT molecular complexity index is 836. The van der Waals surface area contributed by atoms with Gasteiger partial charge in [0, 0.05) is 25.4 Å². The fourth-order valence-corrected chi connectivity index (χ4v) is 4.98. The van der Waals surface area contributed by atoms with Crippen LogP contribution in [0.25, 0.3) is 0 Å². The number of amides is 1. The molecular weight excluding hydrogens is 368 g/mol. The summed E-state index contributed by atoms with van der Waals surface area (Å²) in [5, 5.41) is 9.81. The van der Waals surface area contributed by atoms with Crippen molar-refractivity contribution in [3.8, 4) is 0 Å². The first-order chi connectivity index (χ1) is 12.6. The van der Waals surface area contributed by atoms with Crippen LogP contribution < -0.4 is 0 Å². The van der Waals surface area contributed by atoms with Gasteiger partial charge in [0.2, 0.25) is 5.91 Å². The first-order valence-electron chi connectivity index (χ1n) is 9.14. The van der Waals surface area contributed by atoms with Crippen LogP contribution in [-0.2, 0) is 25.8 Å². The van der Waals surface area contributed by atoms with Crippen molar-refractivity contribution < 1.29 is 23.1 Å². The van der Waals surface area contributed by atoms with Crippen LogP contribution in [0.5, 0.6) is 0 Å². The van der Waals surface area contributed by atoms with Crippen molar-refractivity contribution in [1.82, 2.24) is 9.80 Å². The Balaban J connectivity index is 1.70. The van der Waals surface area contributed by atoms with Gasteiger partial charge in [-0.1, -0.05) is 12.1 Å². The number of sulfone groups is 1. The van der Waals surface area contributed by atoms with Crippen LogP contribution in [0.2, 0.25) is 0 Å². The highest BCUT2D eigenvalue weighted by atomic mass is 32.2. The molecule has 1 aromatic carbocycles. The van der Waals surface area contributed by atoms with E-state index in [0.717, 1.165) is 24.8 Å². The summed E-state index contributed by atoms with van der Waals surface area (Å²) in [7, 11) is -1.33. The van der Waals surface area contributed by atoms with Crippen LogP contribution in [0.3, 0.4) is 0 Å². The van der Waals surface area contributed by atoms with E-state index in [-0.39, 0.29) is 23.3 Å². The topological polar surface area (TPSA) is 95.0 Å². The minimum Gasteiger partial charge on any atom is -0.481 e. The summed E-state index contributed by atoms with van der Waals surface area (Å²) in [6, 6.07) is 6.17. The predicted octanol–water partition coefficient (Wildman–Crippen LogP) is 1.03. The molecule has 2 saturated heterocycles. The number of carbonyl (C=O) groups is 2. The fourth-order valence-electron chi connectivity index (χ4n) is 4.35. The Morgan fingerprint density at radius 3 is 2.44 bits per heavy atom. The molecule has 1 aromatic rings. The summed E-state index contributed by atoms with van der Waals surface area (Å²) >= 11 is 0. The van der Waals surface area contributed by atoms with Crippen molar-refractivity contribution in [3.05, 3.63) is 29.8 Å². The molecule has 0 aromatic heterocycles. The summed E-state index contributed by atoms with van der Waals surface area (Å²) < 4.78 is 23.1. The van der Waals surface area contributed by atoms with Crippen molar-refractivity contribution in [3.63, 3.8) is 0 Å². The molecule has 0 aliphatic carbocycles. The lowest BCUT2D eigenvalue weighted by Gasteiger charge is -2.51. The molecule has 0 saturated carbocycles. The number of piperidine rings is 2. The number of carboxylic acids is 1. The Kier molecular flexibility index (Phi) is 5.31. The van der Waals surface area contributed by atoms with E-state index in [2.05, 4.69) is 4.90 Å². The van der Waals surface area contributed by atoms with Gasteiger partial charge in [-0.15, -0.1) is 0 Å². The number of carboxylic acid groups (broad SMARTS) is 1. The Labute approximate surface area is 159 Å². The summed E-state index contributed by atoms with van der Waals surface area (Å²) in [6.45, 7) is 1.70. The smallest absolute Gasteiger partial charge is 0.311 e. The van der Waals surface area contributed by atoms with Gasteiger partial charge in [0.1, 0.15) is 0 Å². The van der Waals surface area contributed by atoms with Gasteiger partial charge in [0.15, 0.2) is 9.84 Å². The van der Waals surface area contributed by atoms with Crippen molar-refractivity contribution in [2.75, 3.05) is 32.9 Å². The average molecular weight is 394 g/mol. The molecule has 2 aliphatic rings. The lowest BCUT2D eigenvalue weighted by Crippen LogP contribution is -2.63. The van der Waals surface area contributed by atoms with E-state index in [0.29, 0.717) is 25.9 Å². The number of hydrogen-bond donors (Lipinski definition) is 1. The van der Waals surface area contributed by atoms with Crippen molar-refractivity contribution >= 4 is 21.7 Å². The number of nitrogens with zero attached hydrogens (tertiary/aromatic N) is 2. The lowest BCUT2D eigenvalue weighted by molar-refractivity contribution is -0.165. The van der Waals surface area contributed by atoms with Gasteiger partial charge in [-0.25, -0.2) is 8.42 Å². The van der Waals surface area contributed by atoms with Crippen LogP contribution in [0.15, 0.2) is 29.2 Å². The monoisotopic (exact) mass is 394 g/mol. The molecule has 0 radical (unpaired) electrons. The molecule has 0 bridgehead atoms. The van der Waals surface area contributed by atoms with Gasteiger partial charge in [-0.05, 0) is 50.6 Å². The van der Waals surface area contributed by atoms with E-state index < -0.39 is 21.2 Å². The molecule has 0 unspecified atom stereocenters. The van der Waals surface area contributed by atoms with E-state index in [4.69, 9.17) is 0 Å². The lowest BCUT2D eigenvalue weighted by atomic mass is 9.68. The Morgan fingerprint density at radius 1 is 1.19 bits per heavy atom. The van der Waals surface area contributed by atoms with Gasteiger partial charge >= 0.3 is 5.97 Å². The van der Waals surface area contributed by atoms with Gasteiger partial charge in [-0.3, -0.25) is 9.59 Å². The normalized spacial score (nSPS) is 26.4. The molecule has 3 rings (SSSR count). The third-order valence-corrected chi connectivity index (χ3v) is 7.14. The highest BCUT2D eigenvalue weighted by molar-refractivity contribution is 7.90. The third kappa shape index (κ3) is 3.87. The first kappa shape index (κ1) is 19.8. The van der Waals surface area contributed by atoms with Gasteiger partial charge < -0.3 is 14.9 Å². The maximum Gasteiger partial charge on any atom is 0.311 e. The highest BCUT2D eigenvalue weighted by Crippen LogP contribution is 2.42. The number of likely N-dealkylation sites (tertiary alicyclic amines) is 2. The number of likely N-dealkylation sites (N-methyl/N-ethyl adjacent to an activating group) is 1. The van der Waals surface area contributed by atoms with Crippen LogP contribution in [0, 0.1) is 5.41 Å². The number of fused-ring (bicyclic) bond motifs is 1. The van der Waals surface area contributed by atoms with E-state index in [9.17, 15) is 23.1 Å². The quantitative estimate of drug-likeness (QED) is 0.820. The molecule has 27 heavy (non-hydrogen) atoms. The zero-order valence-corrected chi connectivity index (χ0v) is 16.5. The molecule has 2 heterocycles. The molecule has 148 valence electrons.